The third-order valence-corrected chi connectivity index (χ3v) is 5.62. The van der Waals surface area contributed by atoms with Crippen LogP contribution in [0.1, 0.15) is 6.42 Å². The standard InChI is InChI=1S/C13H13N3OS2/c14-8-5-9-12-10(19-7-15-12)1-2-16(17)3-4-18-11(6-8)13(9)16/h1,6-7H,2-5,14H2. The van der Waals surface area contributed by atoms with Crippen molar-refractivity contribution in [2.75, 3.05) is 18.8 Å². The van der Waals surface area contributed by atoms with Gasteiger partial charge in [-0.1, -0.05) is 0 Å². The normalized spacial score (nSPS) is 29.1. The first-order valence-electron chi connectivity index (χ1n) is 6.22. The average Bonchev–Trinajstić information content (AvgIpc) is 2.79. The van der Waals surface area contributed by atoms with Crippen LogP contribution in [0.15, 0.2) is 27.9 Å². The molecule has 19 heavy (non-hydrogen) atoms. The molecule has 0 bridgehead atoms. The van der Waals surface area contributed by atoms with Crippen molar-refractivity contribution in [3.05, 3.63) is 43.0 Å². The highest BCUT2D eigenvalue weighted by molar-refractivity contribution is 8.03. The molecule has 1 unspecified atom stereocenters. The minimum Gasteiger partial charge on any atom is -0.627 e. The largest absolute Gasteiger partial charge is 0.627 e. The van der Waals surface area contributed by atoms with Crippen LogP contribution in [0.5, 0.6) is 0 Å². The van der Waals surface area contributed by atoms with Crippen LogP contribution in [-0.4, -0.2) is 28.5 Å². The molecule has 0 saturated carbocycles. The Kier molecular flexibility index (Phi) is 2.44. The van der Waals surface area contributed by atoms with Gasteiger partial charge >= 0.3 is 0 Å². The van der Waals surface area contributed by atoms with Crippen LogP contribution in [-0.2, 0) is 0 Å². The number of thioether (sulfide) groups is 1. The van der Waals surface area contributed by atoms with Crippen LogP contribution < -0.4 is 15.6 Å². The molecule has 2 N–H and O–H groups in total. The van der Waals surface area contributed by atoms with Gasteiger partial charge in [-0.25, -0.2) is 4.98 Å². The van der Waals surface area contributed by atoms with Gasteiger partial charge in [0.2, 0.25) is 0 Å². The summed E-state index contributed by atoms with van der Waals surface area (Å²) < 4.78 is 0.870. The number of quaternary nitrogens is 1. The van der Waals surface area contributed by atoms with Gasteiger partial charge in [-0.05, 0) is 12.2 Å². The molecule has 98 valence electrons. The highest BCUT2D eigenvalue weighted by Crippen LogP contribution is 2.43. The Balaban J connectivity index is 2.14. The molecule has 4 nitrogen and oxygen atoms in total. The summed E-state index contributed by atoms with van der Waals surface area (Å²) in [5, 5.41) is 14.1. The SMILES string of the molecule is NC1=CC2=C3C(=c4ncsc4=CC[N+]3([O-])CCS2)C1. The molecule has 0 radical (unpaired) electrons. The second-order valence-corrected chi connectivity index (χ2v) is 7.02. The predicted molar refractivity (Wildman–Crippen MR) is 79.0 cm³/mol. The van der Waals surface area contributed by atoms with Gasteiger partial charge in [0, 0.05) is 23.4 Å². The minimum atomic E-state index is -0.246. The first-order chi connectivity index (χ1) is 9.17. The van der Waals surface area contributed by atoms with E-state index in [0.717, 1.165) is 37.5 Å². The van der Waals surface area contributed by atoms with Gasteiger partial charge in [-0.3, -0.25) is 0 Å². The van der Waals surface area contributed by atoms with E-state index in [9.17, 15) is 5.21 Å². The van der Waals surface area contributed by atoms with Crippen molar-refractivity contribution in [3.8, 4) is 0 Å². The van der Waals surface area contributed by atoms with Crippen molar-refractivity contribution in [1.82, 2.24) is 4.98 Å². The predicted octanol–water partition coefficient (Wildman–Crippen LogP) is 0.607. The average molecular weight is 291 g/mol. The second kappa shape index (κ2) is 3.96. The second-order valence-electron chi connectivity index (χ2n) is 5.00. The molecule has 0 fully saturated rings. The zero-order valence-electron chi connectivity index (χ0n) is 10.3. The Morgan fingerprint density at radius 1 is 1.42 bits per heavy atom. The van der Waals surface area contributed by atoms with Crippen LogP contribution in [0.25, 0.3) is 11.6 Å². The molecule has 1 atom stereocenters. The molecular weight excluding hydrogens is 278 g/mol. The van der Waals surface area contributed by atoms with Crippen LogP contribution in [0.2, 0.25) is 0 Å². The number of hydrogen-bond donors (Lipinski definition) is 1. The van der Waals surface area contributed by atoms with E-state index in [1.165, 1.54) is 0 Å². The van der Waals surface area contributed by atoms with Crippen molar-refractivity contribution in [2.45, 2.75) is 6.42 Å². The number of fused-ring (bicyclic) bond motifs is 1. The van der Waals surface area contributed by atoms with Crippen molar-refractivity contribution >= 4 is 34.7 Å². The maximum absolute atomic E-state index is 13.1. The Hall–Kier alpha value is -1.08. The maximum atomic E-state index is 13.1. The summed E-state index contributed by atoms with van der Waals surface area (Å²) in [6.07, 6.45) is 4.67. The summed E-state index contributed by atoms with van der Waals surface area (Å²) in [4.78, 5) is 5.52. The van der Waals surface area contributed by atoms with Crippen molar-refractivity contribution in [2.24, 2.45) is 5.73 Å². The van der Waals surface area contributed by atoms with Crippen molar-refractivity contribution in [1.29, 1.82) is 0 Å². The molecule has 2 aliphatic heterocycles. The van der Waals surface area contributed by atoms with E-state index >= 15 is 0 Å². The quantitative estimate of drug-likeness (QED) is 0.562. The molecule has 1 aromatic heterocycles. The Bertz CT molecular complexity index is 746. The van der Waals surface area contributed by atoms with Crippen LogP contribution in [0.3, 0.4) is 0 Å². The van der Waals surface area contributed by atoms with Gasteiger partial charge in [0.05, 0.1) is 26.8 Å². The van der Waals surface area contributed by atoms with Gasteiger partial charge < -0.3 is 15.6 Å². The summed E-state index contributed by atoms with van der Waals surface area (Å²) in [5.41, 5.74) is 10.7. The van der Waals surface area contributed by atoms with E-state index in [2.05, 4.69) is 4.98 Å². The van der Waals surface area contributed by atoms with Crippen molar-refractivity contribution < 1.29 is 4.65 Å². The third-order valence-electron chi connectivity index (χ3n) is 3.79. The highest BCUT2D eigenvalue weighted by Gasteiger charge is 2.37. The van der Waals surface area contributed by atoms with Crippen molar-refractivity contribution in [3.63, 3.8) is 0 Å². The number of aromatic nitrogens is 1. The number of allylic oxidation sites excluding steroid dienone is 3. The fourth-order valence-corrected chi connectivity index (χ4v) is 4.93. The maximum Gasteiger partial charge on any atom is 0.152 e. The molecule has 3 aliphatic rings. The fraction of sp³-hybridized carbons (Fsp3) is 0.308. The first-order valence-corrected chi connectivity index (χ1v) is 8.09. The summed E-state index contributed by atoms with van der Waals surface area (Å²) in [6.45, 7) is 1.14. The number of rotatable bonds is 0. The number of nitrogens with zero attached hydrogens (tertiary/aromatic N) is 2. The smallest absolute Gasteiger partial charge is 0.152 e. The summed E-state index contributed by atoms with van der Waals surface area (Å²) >= 11 is 3.34. The number of hydroxylamine groups is 3. The van der Waals surface area contributed by atoms with E-state index in [4.69, 9.17) is 5.73 Å². The third kappa shape index (κ3) is 1.64. The molecule has 0 aromatic carbocycles. The zero-order chi connectivity index (χ0) is 13.0. The first kappa shape index (κ1) is 11.7. The molecule has 4 rings (SSSR count). The lowest BCUT2D eigenvalue weighted by atomic mass is 9.99. The lowest BCUT2D eigenvalue weighted by Crippen LogP contribution is -2.46. The van der Waals surface area contributed by atoms with Crippen LogP contribution >= 0.6 is 23.1 Å². The summed E-state index contributed by atoms with van der Waals surface area (Å²) in [6, 6.07) is 0. The molecular formula is C13H13N3OS2. The lowest BCUT2D eigenvalue weighted by Gasteiger charge is -2.47. The Labute approximate surface area is 118 Å². The van der Waals surface area contributed by atoms with Gasteiger partial charge in [-0.2, -0.15) is 0 Å². The number of hydrogen-bond acceptors (Lipinski definition) is 5. The monoisotopic (exact) mass is 291 g/mol. The van der Waals surface area contributed by atoms with Gasteiger partial charge in [0.15, 0.2) is 5.70 Å². The van der Waals surface area contributed by atoms with E-state index in [1.807, 2.05) is 17.7 Å². The molecule has 0 spiro atoms. The van der Waals surface area contributed by atoms with Gasteiger partial charge in [0.25, 0.3) is 0 Å². The topological polar surface area (TPSA) is 62.0 Å². The van der Waals surface area contributed by atoms with E-state index in [-0.39, 0.29) is 4.65 Å². The van der Waals surface area contributed by atoms with Crippen LogP contribution in [0, 0.1) is 5.21 Å². The summed E-state index contributed by atoms with van der Waals surface area (Å²) in [7, 11) is 0. The van der Waals surface area contributed by atoms with Gasteiger partial charge in [-0.15, -0.1) is 23.1 Å². The zero-order valence-corrected chi connectivity index (χ0v) is 11.9. The molecule has 6 heteroatoms. The lowest BCUT2D eigenvalue weighted by molar-refractivity contribution is -0.827. The van der Waals surface area contributed by atoms with E-state index in [1.54, 1.807) is 23.1 Å². The molecule has 3 heterocycles. The summed E-state index contributed by atoms with van der Waals surface area (Å²) in [5.74, 6) is 0.855. The van der Waals surface area contributed by atoms with Gasteiger partial charge in [0.1, 0.15) is 6.54 Å². The molecule has 1 aliphatic carbocycles. The van der Waals surface area contributed by atoms with Crippen LogP contribution in [0.4, 0.5) is 0 Å². The molecule has 0 amide bonds. The molecule has 1 aromatic rings. The van der Waals surface area contributed by atoms with E-state index < -0.39 is 0 Å². The number of thiazole rings is 1. The Morgan fingerprint density at radius 3 is 3.21 bits per heavy atom. The highest BCUT2D eigenvalue weighted by atomic mass is 32.2. The number of nitrogens with two attached hydrogens (primary N) is 1. The minimum absolute atomic E-state index is 0.246. The fourth-order valence-electron chi connectivity index (χ4n) is 2.93. The Morgan fingerprint density at radius 2 is 2.32 bits per heavy atom. The molecule has 0 saturated heterocycles. The van der Waals surface area contributed by atoms with E-state index in [0.29, 0.717) is 19.5 Å².